The molecule has 0 saturated heterocycles. The van der Waals surface area contributed by atoms with Crippen molar-refractivity contribution in [3.05, 3.63) is 28.8 Å². The molecule has 0 aliphatic rings. The summed E-state index contributed by atoms with van der Waals surface area (Å²) in [5.74, 6) is 6.37. The zero-order valence-electron chi connectivity index (χ0n) is 9.72. The molecule has 1 aromatic rings. The Bertz CT molecular complexity index is 335. The Hall–Kier alpha value is -1.10. The largest absolute Gasteiger partial charge is 0.496 e. The van der Waals surface area contributed by atoms with Crippen molar-refractivity contribution in [2.24, 2.45) is 5.84 Å². The van der Waals surface area contributed by atoms with Gasteiger partial charge in [-0.25, -0.2) is 5.43 Å². The average Bonchev–Trinajstić information content (AvgIpc) is 2.26. The molecule has 0 fully saturated rings. The van der Waals surface area contributed by atoms with Crippen molar-refractivity contribution < 1.29 is 4.74 Å². The molecule has 84 valence electrons. The number of methoxy groups -OCH3 is 1. The van der Waals surface area contributed by atoms with Crippen LogP contribution in [0.15, 0.2) is 12.1 Å². The summed E-state index contributed by atoms with van der Waals surface area (Å²) in [6, 6.07) is 3.97. The molecule has 0 radical (unpaired) electrons. The smallest absolute Gasteiger partial charge is 0.122 e. The van der Waals surface area contributed by atoms with Crippen molar-refractivity contribution in [1.29, 1.82) is 0 Å². The van der Waals surface area contributed by atoms with E-state index < -0.39 is 0 Å². The van der Waals surface area contributed by atoms with Crippen molar-refractivity contribution >= 4 is 0 Å². The zero-order chi connectivity index (χ0) is 11.4. The number of hydrogen-bond donors (Lipinski definition) is 3. The molecule has 0 amide bonds. The third-order valence-corrected chi connectivity index (χ3v) is 2.77. The Morgan fingerprint density at radius 3 is 2.40 bits per heavy atom. The quantitative estimate of drug-likeness (QED) is 0.393. The van der Waals surface area contributed by atoms with Crippen LogP contribution in [0.1, 0.15) is 22.9 Å². The van der Waals surface area contributed by atoms with Crippen LogP contribution in [0.4, 0.5) is 0 Å². The van der Waals surface area contributed by atoms with Gasteiger partial charge in [-0.05, 0) is 43.7 Å². The molecule has 1 unspecified atom stereocenters. The van der Waals surface area contributed by atoms with Crippen LogP contribution in [-0.4, -0.2) is 14.2 Å². The lowest BCUT2D eigenvalue weighted by Crippen LogP contribution is -2.37. The normalized spacial score (nSPS) is 12.6. The van der Waals surface area contributed by atoms with Crippen LogP contribution in [0.2, 0.25) is 0 Å². The third kappa shape index (κ3) is 2.28. The second-order valence-electron chi connectivity index (χ2n) is 3.50. The minimum Gasteiger partial charge on any atom is -0.496 e. The van der Waals surface area contributed by atoms with Crippen LogP contribution in [0.3, 0.4) is 0 Å². The van der Waals surface area contributed by atoms with Gasteiger partial charge in [-0.15, -0.1) is 0 Å². The van der Waals surface area contributed by atoms with Crippen molar-refractivity contribution in [1.82, 2.24) is 10.7 Å². The van der Waals surface area contributed by atoms with Crippen LogP contribution in [0.5, 0.6) is 5.75 Å². The highest BCUT2D eigenvalue weighted by atomic mass is 16.5. The van der Waals surface area contributed by atoms with E-state index in [0.717, 1.165) is 16.9 Å². The van der Waals surface area contributed by atoms with E-state index in [4.69, 9.17) is 10.6 Å². The maximum atomic E-state index is 5.46. The molecule has 1 rings (SSSR count). The highest BCUT2D eigenvalue weighted by Crippen LogP contribution is 2.26. The summed E-state index contributed by atoms with van der Waals surface area (Å²) in [6.07, 6.45) is -0.0328. The van der Waals surface area contributed by atoms with E-state index in [1.54, 1.807) is 7.11 Å². The van der Waals surface area contributed by atoms with Gasteiger partial charge >= 0.3 is 0 Å². The van der Waals surface area contributed by atoms with Gasteiger partial charge in [0.25, 0.3) is 0 Å². The Kier molecular flexibility index (Phi) is 4.08. The van der Waals surface area contributed by atoms with Crippen LogP contribution in [0, 0.1) is 13.8 Å². The summed E-state index contributed by atoms with van der Waals surface area (Å²) in [4.78, 5) is 0. The van der Waals surface area contributed by atoms with Crippen molar-refractivity contribution in [2.45, 2.75) is 20.0 Å². The second kappa shape index (κ2) is 5.11. The molecule has 1 aromatic carbocycles. The van der Waals surface area contributed by atoms with E-state index >= 15 is 0 Å². The lowest BCUT2D eigenvalue weighted by atomic mass is 10.0. The van der Waals surface area contributed by atoms with Gasteiger partial charge in [0.1, 0.15) is 5.75 Å². The number of hydrogen-bond acceptors (Lipinski definition) is 4. The summed E-state index contributed by atoms with van der Waals surface area (Å²) in [6.45, 7) is 4.11. The Morgan fingerprint density at radius 2 is 1.93 bits per heavy atom. The topological polar surface area (TPSA) is 59.3 Å². The maximum absolute atomic E-state index is 5.46. The van der Waals surface area contributed by atoms with E-state index in [0.29, 0.717) is 0 Å². The van der Waals surface area contributed by atoms with E-state index in [-0.39, 0.29) is 6.17 Å². The van der Waals surface area contributed by atoms with E-state index in [1.807, 2.05) is 26.1 Å². The Balaban J connectivity index is 3.16. The van der Waals surface area contributed by atoms with Gasteiger partial charge in [-0.3, -0.25) is 5.84 Å². The fourth-order valence-electron chi connectivity index (χ4n) is 1.68. The van der Waals surface area contributed by atoms with Gasteiger partial charge in [-0.2, -0.15) is 0 Å². The van der Waals surface area contributed by atoms with Crippen molar-refractivity contribution in [2.75, 3.05) is 14.2 Å². The van der Waals surface area contributed by atoms with Crippen LogP contribution >= 0.6 is 0 Å². The summed E-state index contributed by atoms with van der Waals surface area (Å²) in [5.41, 5.74) is 6.19. The highest BCUT2D eigenvalue weighted by molar-refractivity contribution is 5.44. The second-order valence-corrected chi connectivity index (χ2v) is 3.50. The standard InChI is InChI=1S/C11H19N3O/c1-7-8(2)10(15-4)6-5-9(7)11(13-3)14-12/h5-6,11,13-14H,12H2,1-4H3. The summed E-state index contributed by atoms with van der Waals surface area (Å²) < 4.78 is 5.26. The molecule has 0 bridgehead atoms. The predicted octanol–water partition coefficient (Wildman–Crippen LogP) is 0.993. The van der Waals surface area contributed by atoms with Crippen molar-refractivity contribution in [3.8, 4) is 5.75 Å². The number of benzene rings is 1. The lowest BCUT2D eigenvalue weighted by molar-refractivity contribution is 0.410. The molecule has 0 heterocycles. The minimum absolute atomic E-state index is 0.0328. The van der Waals surface area contributed by atoms with Crippen LogP contribution in [0.25, 0.3) is 0 Å². The molecule has 0 aliphatic carbocycles. The van der Waals surface area contributed by atoms with E-state index in [9.17, 15) is 0 Å². The molecule has 0 aliphatic heterocycles. The molecular formula is C11H19N3O. The SMILES string of the molecule is CNC(NN)c1ccc(OC)c(C)c1C. The van der Waals surface area contributed by atoms with E-state index in [2.05, 4.69) is 17.7 Å². The molecule has 0 aromatic heterocycles. The van der Waals surface area contributed by atoms with Gasteiger partial charge in [0.05, 0.1) is 13.3 Å². The number of rotatable bonds is 4. The third-order valence-electron chi connectivity index (χ3n) is 2.77. The summed E-state index contributed by atoms with van der Waals surface area (Å²) >= 11 is 0. The van der Waals surface area contributed by atoms with E-state index in [1.165, 1.54) is 5.56 Å². The fourth-order valence-corrected chi connectivity index (χ4v) is 1.68. The Morgan fingerprint density at radius 1 is 1.27 bits per heavy atom. The first kappa shape index (κ1) is 12.0. The molecule has 1 atom stereocenters. The first-order valence-electron chi connectivity index (χ1n) is 4.93. The summed E-state index contributed by atoms with van der Waals surface area (Å²) in [5, 5.41) is 3.10. The molecule has 4 N–H and O–H groups in total. The lowest BCUT2D eigenvalue weighted by Gasteiger charge is -2.20. The van der Waals surface area contributed by atoms with Crippen molar-refractivity contribution in [3.63, 3.8) is 0 Å². The fraction of sp³-hybridized carbons (Fsp3) is 0.455. The predicted molar refractivity (Wildman–Crippen MR) is 61.6 cm³/mol. The monoisotopic (exact) mass is 209 g/mol. The average molecular weight is 209 g/mol. The number of ether oxygens (including phenoxy) is 1. The van der Waals surface area contributed by atoms with Gasteiger partial charge in [0.2, 0.25) is 0 Å². The van der Waals surface area contributed by atoms with Gasteiger partial charge in [0, 0.05) is 0 Å². The minimum atomic E-state index is -0.0328. The summed E-state index contributed by atoms with van der Waals surface area (Å²) in [7, 11) is 3.54. The first-order chi connectivity index (χ1) is 7.15. The number of nitrogens with one attached hydrogen (secondary N) is 2. The zero-order valence-corrected chi connectivity index (χ0v) is 9.72. The molecule has 0 saturated carbocycles. The molecule has 4 nitrogen and oxygen atoms in total. The molecule has 4 heteroatoms. The highest BCUT2D eigenvalue weighted by Gasteiger charge is 2.13. The van der Waals surface area contributed by atoms with Crippen LogP contribution in [-0.2, 0) is 0 Å². The first-order valence-corrected chi connectivity index (χ1v) is 4.93. The van der Waals surface area contributed by atoms with Crippen LogP contribution < -0.4 is 21.3 Å². The van der Waals surface area contributed by atoms with Gasteiger partial charge < -0.3 is 10.1 Å². The van der Waals surface area contributed by atoms with Gasteiger partial charge in [-0.1, -0.05) is 6.07 Å². The molecule has 15 heavy (non-hydrogen) atoms. The number of hydrazine groups is 1. The number of nitrogens with two attached hydrogens (primary N) is 1. The molecule has 0 spiro atoms. The molecular weight excluding hydrogens is 190 g/mol. The maximum Gasteiger partial charge on any atom is 0.122 e. The van der Waals surface area contributed by atoms with Gasteiger partial charge in [0.15, 0.2) is 0 Å². The Labute approximate surface area is 90.8 Å².